The lowest BCUT2D eigenvalue weighted by molar-refractivity contribution is 1.34. The average molecular weight is 256 g/mol. The Morgan fingerprint density at radius 1 is 0.778 bits per heavy atom. The predicted octanol–water partition coefficient (Wildman–Crippen LogP) is 4.66. The fourth-order valence-electron chi connectivity index (χ4n) is 1.66. The molecule has 90 valence electrons. The number of nitrogens with zero attached hydrogens (tertiary/aromatic N) is 1. The van der Waals surface area contributed by atoms with Crippen molar-refractivity contribution in [3.8, 4) is 0 Å². The maximum absolute atomic E-state index is 5.78. The van der Waals surface area contributed by atoms with E-state index >= 15 is 0 Å². The van der Waals surface area contributed by atoms with Gasteiger partial charge in [0.2, 0.25) is 0 Å². The molecule has 0 amide bonds. The molecule has 0 atom stereocenters. The first-order chi connectivity index (χ1) is 8.92. The molecule has 1 aromatic heterocycles. The topological polar surface area (TPSA) is 12.9 Å². The normalized spacial score (nSPS) is 9.61. The molecule has 2 aromatic carbocycles. The Morgan fingerprint density at radius 3 is 2.00 bits per heavy atom. The van der Waals surface area contributed by atoms with Crippen LogP contribution in [0.15, 0.2) is 72.9 Å². The summed E-state index contributed by atoms with van der Waals surface area (Å²) < 4.78 is 0. The van der Waals surface area contributed by atoms with E-state index < -0.39 is 0 Å². The number of halogens is 1. The zero-order valence-electron chi connectivity index (χ0n) is 9.96. The van der Waals surface area contributed by atoms with Crippen LogP contribution in [0.1, 0.15) is 5.56 Å². The molecule has 2 heteroatoms. The van der Waals surface area contributed by atoms with Gasteiger partial charge >= 0.3 is 0 Å². The summed E-state index contributed by atoms with van der Waals surface area (Å²) in [6.45, 7) is 0. The summed E-state index contributed by atoms with van der Waals surface area (Å²) in [6.07, 6.45) is 1.79. The van der Waals surface area contributed by atoms with Gasteiger partial charge in [-0.1, -0.05) is 54.6 Å². The number of hydrogen-bond acceptors (Lipinski definition) is 1. The van der Waals surface area contributed by atoms with E-state index in [2.05, 4.69) is 4.98 Å². The molecule has 0 saturated heterocycles. The van der Waals surface area contributed by atoms with Gasteiger partial charge in [-0.3, -0.25) is 4.98 Å². The number of rotatable bonds is 1. The van der Waals surface area contributed by atoms with Gasteiger partial charge in [0.15, 0.2) is 0 Å². The van der Waals surface area contributed by atoms with Gasteiger partial charge < -0.3 is 0 Å². The van der Waals surface area contributed by atoms with Gasteiger partial charge in [-0.25, -0.2) is 0 Å². The first kappa shape index (κ1) is 12.6. The van der Waals surface area contributed by atoms with E-state index in [4.69, 9.17) is 11.6 Å². The van der Waals surface area contributed by atoms with Crippen molar-refractivity contribution in [1.82, 2.24) is 4.98 Å². The lowest BCUT2D eigenvalue weighted by atomic mass is 10.1. The number of aromatic nitrogens is 1. The summed E-state index contributed by atoms with van der Waals surface area (Å²) in [5.74, 6) is 0.545. The third-order valence-corrected chi connectivity index (χ3v) is 2.84. The van der Waals surface area contributed by atoms with E-state index in [9.17, 15) is 0 Å². The van der Waals surface area contributed by atoms with Crippen LogP contribution in [0, 0.1) is 0 Å². The molecule has 0 aliphatic rings. The Labute approximate surface area is 112 Å². The zero-order valence-corrected chi connectivity index (χ0v) is 10.7. The van der Waals surface area contributed by atoms with Gasteiger partial charge in [0, 0.05) is 17.5 Å². The second kappa shape index (κ2) is 6.77. The molecule has 0 radical (unpaired) electrons. The highest BCUT2D eigenvalue weighted by atomic mass is 35.5. The third-order valence-electron chi connectivity index (χ3n) is 2.55. The lowest BCUT2D eigenvalue weighted by Gasteiger charge is -2.00. The summed E-state index contributed by atoms with van der Waals surface area (Å²) in [7, 11) is 0. The smallest absolute Gasteiger partial charge is 0.0705 e. The molecule has 0 fully saturated rings. The van der Waals surface area contributed by atoms with Crippen LogP contribution >= 0.6 is 11.6 Å². The van der Waals surface area contributed by atoms with E-state index in [0.717, 1.165) is 16.5 Å². The second-order valence-corrected chi connectivity index (χ2v) is 4.04. The summed E-state index contributed by atoms with van der Waals surface area (Å²) in [5.41, 5.74) is 2.15. The van der Waals surface area contributed by atoms with Crippen molar-refractivity contribution < 1.29 is 0 Å². The van der Waals surface area contributed by atoms with Crippen LogP contribution in [0.2, 0.25) is 0 Å². The fourth-order valence-corrected chi connectivity index (χ4v) is 1.89. The molecule has 3 rings (SSSR count). The Kier molecular flexibility index (Phi) is 4.74. The quantitative estimate of drug-likeness (QED) is 0.577. The highest BCUT2D eigenvalue weighted by Gasteiger charge is 1.97. The number of hydrogen-bond donors (Lipinski definition) is 0. The Hall–Kier alpha value is -1.86. The fraction of sp³-hybridized carbons (Fsp3) is 0.0625. The molecule has 3 aromatic rings. The van der Waals surface area contributed by atoms with E-state index in [1.807, 2.05) is 66.7 Å². The number of para-hydroxylation sites is 1. The molecule has 0 aliphatic heterocycles. The lowest BCUT2D eigenvalue weighted by Crippen LogP contribution is -1.83. The van der Waals surface area contributed by atoms with Gasteiger partial charge in [-0.05, 0) is 17.7 Å². The summed E-state index contributed by atoms with van der Waals surface area (Å²) in [5, 5.41) is 1.15. The number of pyridine rings is 1. The van der Waals surface area contributed by atoms with Crippen LogP contribution < -0.4 is 0 Å². The van der Waals surface area contributed by atoms with Gasteiger partial charge in [-0.2, -0.15) is 0 Å². The molecule has 1 heterocycles. The second-order valence-electron chi connectivity index (χ2n) is 3.78. The summed E-state index contributed by atoms with van der Waals surface area (Å²) in [6, 6.07) is 22.0. The van der Waals surface area contributed by atoms with Gasteiger partial charge in [-0.15, -0.1) is 11.6 Å². The van der Waals surface area contributed by atoms with Crippen molar-refractivity contribution >= 4 is 22.5 Å². The maximum atomic E-state index is 5.78. The first-order valence-electron chi connectivity index (χ1n) is 5.80. The Bertz CT molecular complexity index is 561. The molecule has 18 heavy (non-hydrogen) atoms. The largest absolute Gasteiger partial charge is 0.256 e. The van der Waals surface area contributed by atoms with Crippen LogP contribution in [0.25, 0.3) is 10.9 Å². The molecule has 0 N–H and O–H groups in total. The monoisotopic (exact) mass is 255 g/mol. The molecule has 0 bridgehead atoms. The van der Waals surface area contributed by atoms with Crippen molar-refractivity contribution in [3.05, 3.63) is 78.5 Å². The number of alkyl halides is 1. The van der Waals surface area contributed by atoms with Gasteiger partial charge in [0.25, 0.3) is 0 Å². The highest BCUT2D eigenvalue weighted by Crippen LogP contribution is 2.17. The summed E-state index contributed by atoms with van der Waals surface area (Å²) >= 11 is 5.78. The molecule has 0 saturated carbocycles. The van der Waals surface area contributed by atoms with E-state index in [0.29, 0.717) is 5.88 Å². The molecule has 0 aliphatic carbocycles. The van der Waals surface area contributed by atoms with Crippen LogP contribution in [0.3, 0.4) is 0 Å². The molecule has 0 spiro atoms. The zero-order chi connectivity index (χ0) is 12.6. The van der Waals surface area contributed by atoms with Crippen molar-refractivity contribution in [3.63, 3.8) is 0 Å². The third kappa shape index (κ3) is 3.31. The van der Waals surface area contributed by atoms with Crippen molar-refractivity contribution in [2.75, 3.05) is 0 Å². The minimum atomic E-state index is 0.545. The van der Waals surface area contributed by atoms with E-state index in [1.54, 1.807) is 6.20 Å². The Morgan fingerprint density at radius 2 is 1.39 bits per heavy atom. The minimum Gasteiger partial charge on any atom is -0.256 e. The molecular weight excluding hydrogens is 242 g/mol. The number of fused-ring (bicyclic) bond motifs is 1. The van der Waals surface area contributed by atoms with Crippen molar-refractivity contribution in [2.24, 2.45) is 0 Å². The molecular formula is C16H14ClN. The van der Waals surface area contributed by atoms with Gasteiger partial charge in [0.05, 0.1) is 5.52 Å². The van der Waals surface area contributed by atoms with E-state index in [-0.39, 0.29) is 0 Å². The maximum Gasteiger partial charge on any atom is 0.0705 e. The Balaban J connectivity index is 0.000000169. The molecule has 1 nitrogen and oxygen atoms in total. The van der Waals surface area contributed by atoms with Crippen molar-refractivity contribution in [1.29, 1.82) is 0 Å². The standard InChI is InChI=1S/C10H8ClN.C6H6/c11-7-8-5-6-12-10-4-2-1-3-9(8)10;1-2-4-6-5-3-1/h1-6H,7H2;1-6H. The van der Waals surface area contributed by atoms with Crippen LogP contribution in [0.5, 0.6) is 0 Å². The van der Waals surface area contributed by atoms with Crippen LogP contribution in [0.4, 0.5) is 0 Å². The highest BCUT2D eigenvalue weighted by molar-refractivity contribution is 6.17. The van der Waals surface area contributed by atoms with Gasteiger partial charge in [0.1, 0.15) is 0 Å². The SMILES string of the molecule is ClCc1ccnc2ccccc12.c1ccccc1. The number of benzene rings is 2. The van der Waals surface area contributed by atoms with E-state index in [1.165, 1.54) is 0 Å². The minimum absolute atomic E-state index is 0.545. The van der Waals surface area contributed by atoms with Crippen LogP contribution in [-0.2, 0) is 5.88 Å². The average Bonchev–Trinajstić information content (AvgIpc) is 2.49. The predicted molar refractivity (Wildman–Crippen MR) is 77.7 cm³/mol. The summed E-state index contributed by atoms with van der Waals surface area (Å²) in [4.78, 5) is 4.23. The van der Waals surface area contributed by atoms with Crippen LogP contribution in [-0.4, -0.2) is 4.98 Å². The molecule has 0 unspecified atom stereocenters. The first-order valence-corrected chi connectivity index (χ1v) is 6.34. The van der Waals surface area contributed by atoms with Crippen molar-refractivity contribution in [2.45, 2.75) is 5.88 Å².